The van der Waals surface area contributed by atoms with Gasteiger partial charge in [-0.25, -0.2) is 4.39 Å². The number of rotatable bonds is 5. The molecule has 1 atom stereocenters. The van der Waals surface area contributed by atoms with E-state index in [1.54, 1.807) is 34.1 Å². The molecule has 5 rings (SSSR count). The fourth-order valence-electron chi connectivity index (χ4n) is 5.02. The molecule has 2 saturated heterocycles. The fourth-order valence-corrected chi connectivity index (χ4v) is 5.02. The Morgan fingerprint density at radius 3 is 2.43 bits per heavy atom. The number of amides is 3. The number of carbonyl (C=O) groups is 3. The predicted molar refractivity (Wildman–Crippen MR) is 132 cm³/mol. The molecule has 3 amide bonds. The topological polar surface area (TPSA) is 92.1 Å². The zero-order valence-corrected chi connectivity index (χ0v) is 20.5. The summed E-state index contributed by atoms with van der Waals surface area (Å²) in [5.41, 5.74) is 0.775. The summed E-state index contributed by atoms with van der Waals surface area (Å²) >= 11 is 0. The maximum absolute atomic E-state index is 13.8. The predicted octanol–water partition coefficient (Wildman–Crippen LogP) is 3.52. The minimum Gasteiger partial charge on any atom is -0.467 e. The van der Waals surface area contributed by atoms with Crippen molar-refractivity contribution in [2.75, 3.05) is 19.7 Å². The molecule has 9 heteroatoms. The first kappa shape index (κ1) is 24.7. The number of aryl methyl sites for hydroxylation is 1. The molecule has 0 unspecified atom stereocenters. The summed E-state index contributed by atoms with van der Waals surface area (Å²) < 4.78 is 24.8. The number of ether oxygens (including phenoxy) is 1. The molecule has 0 radical (unpaired) electrons. The van der Waals surface area contributed by atoms with E-state index in [1.165, 1.54) is 30.5 Å². The monoisotopic (exact) mass is 505 g/mol. The van der Waals surface area contributed by atoms with Crippen LogP contribution in [-0.4, -0.2) is 59.0 Å². The van der Waals surface area contributed by atoms with E-state index in [2.05, 4.69) is 5.32 Å². The van der Waals surface area contributed by atoms with Crippen molar-refractivity contribution in [3.8, 4) is 0 Å². The van der Waals surface area contributed by atoms with Gasteiger partial charge in [0.15, 0.2) is 0 Å². The van der Waals surface area contributed by atoms with Gasteiger partial charge >= 0.3 is 0 Å². The van der Waals surface area contributed by atoms with E-state index in [9.17, 15) is 18.8 Å². The van der Waals surface area contributed by atoms with Crippen LogP contribution >= 0.6 is 0 Å². The Balaban J connectivity index is 1.36. The van der Waals surface area contributed by atoms with Crippen LogP contribution in [0.3, 0.4) is 0 Å². The molecule has 1 N–H and O–H groups in total. The first-order valence-corrected chi connectivity index (χ1v) is 12.3. The van der Waals surface area contributed by atoms with Crippen LogP contribution in [0, 0.1) is 12.7 Å². The third kappa shape index (κ3) is 4.99. The first-order valence-electron chi connectivity index (χ1n) is 12.3. The molecule has 0 aliphatic carbocycles. The third-order valence-corrected chi connectivity index (χ3v) is 6.99. The molecule has 3 aromatic rings. The number of nitrogens with zero attached hydrogens (tertiary/aromatic N) is 2. The van der Waals surface area contributed by atoms with Crippen molar-refractivity contribution in [2.45, 2.75) is 38.1 Å². The fraction of sp³-hybridized carbons (Fsp3) is 0.321. The van der Waals surface area contributed by atoms with Gasteiger partial charge in [0.25, 0.3) is 11.8 Å². The van der Waals surface area contributed by atoms with E-state index in [0.29, 0.717) is 42.8 Å². The van der Waals surface area contributed by atoms with Crippen molar-refractivity contribution in [3.63, 3.8) is 0 Å². The van der Waals surface area contributed by atoms with Crippen LogP contribution in [0.2, 0.25) is 0 Å². The average molecular weight is 506 g/mol. The Hall–Kier alpha value is -3.98. The number of hydrogen-bond acceptors (Lipinski definition) is 5. The van der Waals surface area contributed by atoms with Crippen molar-refractivity contribution >= 4 is 17.7 Å². The van der Waals surface area contributed by atoms with Crippen LogP contribution < -0.4 is 5.32 Å². The van der Waals surface area contributed by atoms with Crippen LogP contribution in [0.1, 0.15) is 44.9 Å². The van der Waals surface area contributed by atoms with Gasteiger partial charge in [0.2, 0.25) is 5.91 Å². The number of halogens is 1. The Kier molecular flexibility index (Phi) is 6.80. The van der Waals surface area contributed by atoms with Crippen molar-refractivity contribution in [2.24, 2.45) is 0 Å². The molecule has 3 heterocycles. The Morgan fingerprint density at radius 1 is 1.00 bits per heavy atom. The maximum atomic E-state index is 13.8. The van der Waals surface area contributed by atoms with Gasteiger partial charge < -0.3 is 19.4 Å². The van der Waals surface area contributed by atoms with Gasteiger partial charge in [0, 0.05) is 37.1 Å². The standard InChI is InChI=1S/C28H28FN3O5/c1-19-4-2-5-21(16-19)27(35)32-24(25(33)30-17-23-6-3-15-36-23)18-37-28(32)11-13-31(14-12-28)26(34)20-7-9-22(29)10-8-20/h2-10,15-16,24H,11-14,17-18H2,1H3,(H,30,33)/t24-/m0/s1. The van der Waals surface area contributed by atoms with E-state index < -0.39 is 17.6 Å². The number of benzene rings is 2. The summed E-state index contributed by atoms with van der Waals surface area (Å²) in [6.45, 7) is 2.80. The van der Waals surface area contributed by atoms with Crippen molar-refractivity contribution in [3.05, 3.63) is 95.2 Å². The molecule has 1 aromatic heterocycles. The van der Waals surface area contributed by atoms with Crippen molar-refractivity contribution < 1.29 is 27.9 Å². The molecule has 0 saturated carbocycles. The third-order valence-electron chi connectivity index (χ3n) is 6.99. The highest BCUT2D eigenvalue weighted by Crippen LogP contribution is 2.39. The van der Waals surface area contributed by atoms with Crippen LogP contribution in [0.5, 0.6) is 0 Å². The molecule has 8 nitrogen and oxygen atoms in total. The molecule has 1 spiro atoms. The summed E-state index contributed by atoms with van der Waals surface area (Å²) in [7, 11) is 0. The van der Waals surface area contributed by atoms with Gasteiger partial charge in [-0.05, 0) is 55.5 Å². The maximum Gasteiger partial charge on any atom is 0.256 e. The second-order valence-electron chi connectivity index (χ2n) is 9.41. The van der Waals surface area contributed by atoms with Crippen molar-refractivity contribution in [1.82, 2.24) is 15.1 Å². The van der Waals surface area contributed by atoms with Gasteiger partial charge in [-0.2, -0.15) is 0 Å². The summed E-state index contributed by atoms with van der Waals surface area (Å²) in [6, 6.07) is 15.3. The highest BCUT2D eigenvalue weighted by molar-refractivity contribution is 5.99. The molecule has 2 aliphatic rings. The van der Waals surface area contributed by atoms with Crippen LogP contribution in [-0.2, 0) is 16.1 Å². The van der Waals surface area contributed by atoms with E-state index >= 15 is 0 Å². The summed E-state index contributed by atoms with van der Waals surface area (Å²) in [4.78, 5) is 43.3. The number of furan rings is 1. The van der Waals surface area contributed by atoms with Gasteiger partial charge in [-0.15, -0.1) is 0 Å². The zero-order chi connectivity index (χ0) is 26.0. The molecule has 2 fully saturated rings. The summed E-state index contributed by atoms with van der Waals surface area (Å²) in [5.74, 6) is -0.643. The van der Waals surface area contributed by atoms with Gasteiger partial charge in [-0.1, -0.05) is 17.7 Å². The van der Waals surface area contributed by atoms with E-state index in [0.717, 1.165) is 5.56 Å². The Morgan fingerprint density at radius 2 is 1.76 bits per heavy atom. The lowest BCUT2D eigenvalue weighted by Gasteiger charge is -2.44. The second-order valence-corrected chi connectivity index (χ2v) is 9.41. The Labute approximate surface area is 214 Å². The highest BCUT2D eigenvalue weighted by atomic mass is 19.1. The zero-order valence-electron chi connectivity index (χ0n) is 20.5. The van der Waals surface area contributed by atoms with E-state index in [4.69, 9.17) is 9.15 Å². The smallest absolute Gasteiger partial charge is 0.256 e. The second kappa shape index (κ2) is 10.2. The largest absolute Gasteiger partial charge is 0.467 e. The number of likely N-dealkylation sites (tertiary alicyclic amines) is 1. The molecule has 192 valence electrons. The summed E-state index contributed by atoms with van der Waals surface area (Å²) in [6.07, 6.45) is 2.22. The lowest BCUT2D eigenvalue weighted by molar-refractivity contribution is -0.128. The summed E-state index contributed by atoms with van der Waals surface area (Å²) in [5, 5.41) is 2.85. The van der Waals surface area contributed by atoms with E-state index in [1.807, 2.05) is 19.1 Å². The number of nitrogens with one attached hydrogen (secondary N) is 1. The molecular weight excluding hydrogens is 477 g/mol. The average Bonchev–Trinajstić information content (AvgIpc) is 3.56. The molecule has 2 aliphatic heterocycles. The van der Waals surface area contributed by atoms with Crippen LogP contribution in [0.25, 0.3) is 0 Å². The minimum absolute atomic E-state index is 0.0491. The van der Waals surface area contributed by atoms with Crippen LogP contribution in [0.4, 0.5) is 4.39 Å². The normalized spacial score (nSPS) is 18.7. The molecule has 37 heavy (non-hydrogen) atoms. The van der Waals surface area contributed by atoms with Crippen LogP contribution in [0.15, 0.2) is 71.3 Å². The van der Waals surface area contributed by atoms with E-state index in [-0.39, 0.29) is 30.9 Å². The lowest BCUT2D eigenvalue weighted by atomic mass is 9.95. The van der Waals surface area contributed by atoms with Crippen molar-refractivity contribution in [1.29, 1.82) is 0 Å². The number of piperidine rings is 1. The molecular formula is C28H28FN3O5. The molecule has 2 aromatic carbocycles. The number of hydrogen-bond donors (Lipinski definition) is 1. The molecule has 0 bridgehead atoms. The van der Waals surface area contributed by atoms with Gasteiger partial charge in [0.1, 0.15) is 23.3 Å². The highest BCUT2D eigenvalue weighted by Gasteiger charge is 2.54. The minimum atomic E-state index is -1.02. The number of carbonyl (C=O) groups excluding carboxylic acids is 3. The quantitative estimate of drug-likeness (QED) is 0.573. The SMILES string of the molecule is Cc1cccc(C(=O)N2[C@H](C(=O)NCc3ccco3)COC23CCN(C(=O)c2ccc(F)cc2)CC3)c1. The van der Waals surface area contributed by atoms with Gasteiger partial charge in [-0.3, -0.25) is 19.3 Å². The lowest BCUT2D eigenvalue weighted by Crippen LogP contribution is -2.59. The first-order chi connectivity index (χ1) is 17.9. The van der Waals surface area contributed by atoms with Gasteiger partial charge in [0.05, 0.1) is 19.4 Å². The Bertz CT molecular complexity index is 1280.